The molecule has 0 aliphatic carbocycles. The van der Waals surface area contributed by atoms with Crippen LogP contribution in [0.1, 0.15) is 39.5 Å². The number of carbonyl (C=O) groups excluding carboxylic acids is 4. The van der Waals surface area contributed by atoms with Crippen molar-refractivity contribution in [2.24, 2.45) is 11.8 Å². The second-order valence-corrected chi connectivity index (χ2v) is 5.36. The summed E-state index contributed by atoms with van der Waals surface area (Å²) in [6.07, 6.45) is 9.42. The zero-order valence-corrected chi connectivity index (χ0v) is 14.7. The lowest BCUT2D eigenvalue weighted by Crippen LogP contribution is -2.22. The van der Waals surface area contributed by atoms with Crippen LogP contribution in [0, 0.1) is 11.8 Å². The van der Waals surface area contributed by atoms with Crippen molar-refractivity contribution in [2.75, 3.05) is 14.2 Å². The number of Topliss-reactive ketones (excluding diaryl/α,β-unsaturated/α-hetero) is 2. The van der Waals surface area contributed by atoms with Crippen LogP contribution in [0.4, 0.5) is 0 Å². The molecule has 2 atom stereocenters. The lowest BCUT2D eigenvalue weighted by molar-refractivity contribution is -0.150. The predicted octanol–water partition coefficient (Wildman–Crippen LogP) is 2.42. The van der Waals surface area contributed by atoms with Crippen LogP contribution in [0.2, 0.25) is 0 Å². The predicted molar refractivity (Wildman–Crippen MR) is 89.1 cm³/mol. The van der Waals surface area contributed by atoms with Crippen LogP contribution in [0.5, 0.6) is 0 Å². The van der Waals surface area contributed by atoms with Gasteiger partial charge in [-0.25, -0.2) is 0 Å². The molecule has 0 saturated carbocycles. The zero-order valence-electron chi connectivity index (χ0n) is 14.7. The van der Waals surface area contributed by atoms with Crippen molar-refractivity contribution in [3.8, 4) is 0 Å². The van der Waals surface area contributed by atoms with E-state index in [1.54, 1.807) is 12.2 Å². The molecule has 134 valence electrons. The number of methoxy groups -OCH3 is 2. The molecule has 0 radical (unpaired) electrons. The van der Waals surface area contributed by atoms with Crippen LogP contribution in [0.15, 0.2) is 24.3 Å². The number of hydrogen-bond acceptors (Lipinski definition) is 6. The zero-order chi connectivity index (χ0) is 18.5. The Bertz CT molecular complexity index is 458. The molecule has 2 unspecified atom stereocenters. The van der Waals surface area contributed by atoms with E-state index in [2.05, 4.69) is 9.47 Å². The van der Waals surface area contributed by atoms with Gasteiger partial charge in [-0.3, -0.25) is 19.2 Å². The minimum absolute atomic E-state index is 0.218. The van der Waals surface area contributed by atoms with Crippen molar-refractivity contribution < 1.29 is 28.7 Å². The Kier molecular flexibility index (Phi) is 11.1. The largest absolute Gasteiger partial charge is 0.468 e. The molecule has 0 aliphatic rings. The monoisotopic (exact) mass is 338 g/mol. The minimum atomic E-state index is -0.752. The summed E-state index contributed by atoms with van der Waals surface area (Å²) in [5, 5.41) is 0. The van der Waals surface area contributed by atoms with Crippen LogP contribution in [-0.2, 0) is 28.7 Å². The van der Waals surface area contributed by atoms with E-state index in [-0.39, 0.29) is 11.6 Å². The molecule has 6 nitrogen and oxygen atoms in total. The number of carbonyl (C=O) groups is 4. The normalized spacial score (nSPS) is 13.7. The van der Waals surface area contributed by atoms with E-state index < -0.39 is 23.8 Å². The van der Waals surface area contributed by atoms with Crippen LogP contribution in [-0.4, -0.2) is 37.7 Å². The van der Waals surface area contributed by atoms with E-state index in [9.17, 15) is 19.2 Å². The summed E-state index contributed by atoms with van der Waals surface area (Å²) in [6.45, 7) is 2.73. The molecular formula is C18H26O6. The molecule has 0 heterocycles. The molecule has 0 aromatic rings. The van der Waals surface area contributed by atoms with E-state index in [1.165, 1.54) is 28.1 Å². The van der Waals surface area contributed by atoms with Gasteiger partial charge in [-0.2, -0.15) is 0 Å². The highest BCUT2D eigenvalue weighted by Crippen LogP contribution is 2.10. The molecule has 24 heavy (non-hydrogen) atoms. The van der Waals surface area contributed by atoms with Gasteiger partial charge in [-0.15, -0.1) is 0 Å². The Morgan fingerprint density at radius 1 is 0.708 bits per heavy atom. The fraction of sp³-hybridized carbons (Fsp3) is 0.556. The summed E-state index contributed by atoms with van der Waals surface area (Å²) in [5.74, 6) is -2.99. The average molecular weight is 338 g/mol. The van der Waals surface area contributed by atoms with Gasteiger partial charge in [0, 0.05) is 0 Å². The highest BCUT2D eigenvalue weighted by atomic mass is 16.5. The molecule has 0 aliphatic heterocycles. The molecule has 0 aromatic heterocycles. The molecule has 0 amide bonds. The molecule has 6 heteroatoms. The molecule has 0 fully saturated rings. The molecular weight excluding hydrogens is 312 g/mol. The van der Waals surface area contributed by atoms with Gasteiger partial charge in [0.2, 0.25) is 0 Å². The average Bonchev–Trinajstić information content (AvgIpc) is 2.54. The Labute approximate surface area is 142 Å². The van der Waals surface area contributed by atoms with Gasteiger partial charge in [-0.05, 0) is 39.5 Å². The Morgan fingerprint density at radius 2 is 1.04 bits per heavy atom. The number of hydrogen-bond donors (Lipinski definition) is 0. The van der Waals surface area contributed by atoms with Crippen molar-refractivity contribution in [1.29, 1.82) is 0 Å². The SMILES string of the molecule is COC(=O)C(C/C=C/CC/C=C/CC(C(C)=O)C(=O)OC)C(C)=O. The molecule has 0 N–H and O–H groups in total. The third-order valence-electron chi connectivity index (χ3n) is 3.53. The molecule has 0 bridgehead atoms. The number of rotatable bonds is 11. The first kappa shape index (κ1) is 21.8. The molecule has 0 saturated heterocycles. The van der Waals surface area contributed by atoms with Crippen molar-refractivity contribution in [1.82, 2.24) is 0 Å². The van der Waals surface area contributed by atoms with Crippen molar-refractivity contribution >= 4 is 23.5 Å². The number of esters is 2. The number of allylic oxidation sites excluding steroid dienone is 4. The second-order valence-electron chi connectivity index (χ2n) is 5.36. The lowest BCUT2D eigenvalue weighted by Gasteiger charge is -2.08. The molecule has 0 rings (SSSR count). The van der Waals surface area contributed by atoms with Crippen LogP contribution < -0.4 is 0 Å². The minimum Gasteiger partial charge on any atom is -0.468 e. The summed E-state index contributed by atoms with van der Waals surface area (Å²) in [4.78, 5) is 45.5. The van der Waals surface area contributed by atoms with Crippen molar-refractivity contribution in [2.45, 2.75) is 39.5 Å². The summed E-state index contributed by atoms with van der Waals surface area (Å²) < 4.78 is 9.17. The van der Waals surface area contributed by atoms with Gasteiger partial charge in [0.05, 0.1) is 14.2 Å². The summed E-state index contributed by atoms with van der Waals surface area (Å²) in [7, 11) is 2.52. The number of ketones is 2. The Balaban J connectivity index is 4.19. The standard InChI is InChI=1S/C18H26O6/c1-13(19)15(17(21)23-3)11-9-7-5-6-8-10-12-16(14(2)20)18(22)24-4/h7-10,15-16H,5-6,11-12H2,1-4H3/b9-7+,10-8+. The quantitative estimate of drug-likeness (QED) is 0.249. The van der Waals surface area contributed by atoms with Gasteiger partial charge in [-0.1, -0.05) is 24.3 Å². The van der Waals surface area contributed by atoms with Crippen LogP contribution in [0.3, 0.4) is 0 Å². The first-order valence-corrected chi connectivity index (χ1v) is 7.81. The van der Waals surface area contributed by atoms with E-state index in [0.29, 0.717) is 12.8 Å². The maximum absolute atomic E-state index is 11.4. The van der Waals surface area contributed by atoms with Crippen LogP contribution >= 0.6 is 0 Å². The van der Waals surface area contributed by atoms with Gasteiger partial charge in [0.1, 0.15) is 23.4 Å². The molecule has 0 aromatic carbocycles. The number of unbranched alkanes of at least 4 members (excludes halogenated alkanes) is 1. The lowest BCUT2D eigenvalue weighted by atomic mass is 10.0. The maximum atomic E-state index is 11.4. The van der Waals surface area contributed by atoms with Gasteiger partial charge < -0.3 is 9.47 Å². The van der Waals surface area contributed by atoms with Crippen LogP contribution in [0.25, 0.3) is 0 Å². The third kappa shape index (κ3) is 8.41. The highest BCUT2D eigenvalue weighted by Gasteiger charge is 2.23. The van der Waals surface area contributed by atoms with Gasteiger partial charge >= 0.3 is 11.9 Å². The van der Waals surface area contributed by atoms with Gasteiger partial charge in [0.15, 0.2) is 0 Å². The topological polar surface area (TPSA) is 86.7 Å². The third-order valence-corrected chi connectivity index (χ3v) is 3.53. The second kappa shape index (κ2) is 12.2. The molecule has 0 spiro atoms. The fourth-order valence-corrected chi connectivity index (χ4v) is 2.03. The van der Waals surface area contributed by atoms with Crippen molar-refractivity contribution in [3.63, 3.8) is 0 Å². The number of ether oxygens (including phenoxy) is 2. The van der Waals surface area contributed by atoms with Gasteiger partial charge in [0.25, 0.3) is 0 Å². The van der Waals surface area contributed by atoms with E-state index in [4.69, 9.17) is 0 Å². The Hall–Kier alpha value is -2.24. The highest BCUT2D eigenvalue weighted by molar-refractivity contribution is 5.98. The van der Waals surface area contributed by atoms with Crippen molar-refractivity contribution in [3.05, 3.63) is 24.3 Å². The smallest absolute Gasteiger partial charge is 0.316 e. The van der Waals surface area contributed by atoms with E-state index in [0.717, 1.165) is 12.8 Å². The first-order chi connectivity index (χ1) is 11.3. The summed E-state index contributed by atoms with van der Waals surface area (Å²) in [6, 6.07) is 0. The maximum Gasteiger partial charge on any atom is 0.316 e. The van der Waals surface area contributed by atoms with E-state index in [1.807, 2.05) is 12.2 Å². The first-order valence-electron chi connectivity index (χ1n) is 7.81. The van der Waals surface area contributed by atoms with E-state index >= 15 is 0 Å². The fourth-order valence-electron chi connectivity index (χ4n) is 2.03. The summed E-state index contributed by atoms with van der Waals surface area (Å²) >= 11 is 0. The summed E-state index contributed by atoms with van der Waals surface area (Å²) in [5.41, 5.74) is 0. The Morgan fingerprint density at radius 3 is 1.29 bits per heavy atom.